The molecule has 5 nitrogen and oxygen atoms in total. The number of amides is 1. The van der Waals surface area contributed by atoms with Crippen LogP contribution in [-0.4, -0.2) is 22.8 Å². The predicted molar refractivity (Wildman–Crippen MR) is 113 cm³/mol. The summed E-state index contributed by atoms with van der Waals surface area (Å²) in [7, 11) is 0. The Morgan fingerprint density at radius 2 is 1.41 bits per heavy atom. The van der Waals surface area contributed by atoms with Crippen LogP contribution in [0.15, 0.2) is 72.8 Å². The average molecular weight is 439 g/mol. The molecule has 0 saturated heterocycles. The third kappa shape index (κ3) is 5.48. The molecule has 2 N–H and O–H groups in total. The lowest BCUT2D eigenvalue weighted by atomic mass is 10.0. The lowest BCUT2D eigenvalue weighted by Gasteiger charge is -2.11. The van der Waals surface area contributed by atoms with Crippen LogP contribution in [0.4, 0.5) is 18.9 Å². The highest BCUT2D eigenvalue weighted by Gasteiger charge is 2.29. The fourth-order valence-electron chi connectivity index (χ4n) is 2.84. The van der Waals surface area contributed by atoms with Crippen molar-refractivity contribution in [2.75, 3.05) is 5.32 Å². The maximum atomic E-state index is 12.7. The Morgan fingerprint density at radius 3 is 2.00 bits per heavy atom. The highest BCUT2D eigenvalue weighted by Crippen LogP contribution is 2.29. The van der Waals surface area contributed by atoms with Crippen molar-refractivity contribution in [3.8, 4) is 0 Å². The monoisotopic (exact) mass is 439 g/mol. The molecule has 0 atom stereocenters. The molecular weight excluding hydrogens is 423 g/mol. The van der Waals surface area contributed by atoms with Crippen molar-refractivity contribution in [2.24, 2.45) is 0 Å². The van der Waals surface area contributed by atoms with Gasteiger partial charge in [-0.15, -0.1) is 0 Å². The van der Waals surface area contributed by atoms with Crippen LogP contribution < -0.4 is 5.32 Å². The van der Waals surface area contributed by atoms with Crippen LogP contribution in [0.25, 0.3) is 12.2 Å². The molecule has 0 aromatic heterocycles. The van der Waals surface area contributed by atoms with Crippen molar-refractivity contribution in [3.63, 3.8) is 0 Å². The van der Waals surface area contributed by atoms with Crippen LogP contribution in [0.3, 0.4) is 0 Å². The summed E-state index contributed by atoms with van der Waals surface area (Å²) in [5.74, 6) is -3.39. The summed E-state index contributed by atoms with van der Waals surface area (Å²) in [6, 6.07) is 16.8. The van der Waals surface area contributed by atoms with Crippen LogP contribution in [-0.2, 0) is 11.0 Å². The molecule has 3 rings (SSSR count). The fraction of sp³-hybridized carbons (Fsp3) is 0.0417. The van der Waals surface area contributed by atoms with E-state index < -0.39 is 29.4 Å². The number of carboxylic acids is 1. The quantitative estimate of drug-likeness (QED) is 0.306. The number of hydrogen-bond acceptors (Lipinski definition) is 3. The van der Waals surface area contributed by atoms with Gasteiger partial charge in [-0.25, -0.2) is 4.79 Å². The van der Waals surface area contributed by atoms with E-state index in [-0.39, 0.29) is 11.3 Å². The minimum absolute atomic E-state index is 0.000761. The molecule has 3 aromatic rings. The number of halogens is 3. The summed E-state index contributed by atoms with van der Waals surface area (Å²) in [6.07, 6.45) is -1.31. The Balaban J connectivity index is 1.89. The van der Waals surface area contributed by atoms with Gasteiger partial charge in [-0.3, -0.25) is 9.59 Å². The highest BCUT2D eigenvalue weighted by atomic mass is 19.4. The molecule has 0 spiro atoms. The Kier molecular flexibility index (Phi) is 6.53. The number of Topliss-reactive ketones (excluding diaryl/α,β-unsaturated/α-hetero) is 1. The molecule has 8 heteroatoms. The van der Waals surface area contributed by atoms with E-state index in [1.165, 1.54) is 30.3 Å². The van der Waals surface area contributed by atoms with E-state index in [1.807, 2.05) is 0 Å². The zero-order valence-corrected chi connectivity index (χ0v) is 16.4. The SMILES string of the molecule is O=C(O)C(=O)c1ccc(/C=C/c2ccc(C(F)(F)F)cc2)cc1NC(=O)c1ccccc1. The zero-order chi connectivity index (χ0) is 23.3. The van der Waals surface area contributed by atoms with Gasteiger partial charge in [0.1, 0.15) is 0 Å². The normalized spacial score (nSPS) is 11.3. The molecule has 0 aliphatic rings. The maximum Gasteiger partial charge on any atom is 0.416 e. The molecule has 32 heavy (non-hydrogen) atoms. The number of aliphatic carboxylic acids is 1. The molecule has 0 bridgehead atoms. The summed E-state index contributed by atoms with van der Waals surface area (Å²) in [5.41, 5.74) is 0.340. The molecule has 0 aliphatic carbocycles. The third-order valence-corrected chi connectivity index (χ3v) is 4.47. The second-order valence-electron chi connectivity index (χ2n) is 6.71. The van der Waals surface area contributed by atoms with Gasteiger partial charge in [-0.2, -0.15) is 13.2 Å². The van der Waals surface area contributed by atoms with Gasteiger partial charge in [0, 0.05) is 5.56 Å². The molecular formula is C24H16F3NO4. The number of carbonyl (C=O) groups is 3. The maximum absolute atomic E-state index is 12.7. The summed E-state index contributed by atoms with van der Waals surface area (Å²) in [4.78, 5) is 35.7. The van der Waals surface area contributed by atoms with E-state index in [0.717, 1.165) is 12.1 Å². The molecule has 0 saturated carbocycles. The third-order valence-electron chi connectivity index (χ3n) is 4.47. The Morgan fingerprint density at radius 1 is 0.812 bits per heavy atom. The highest BCUT2D eigenvalue weighted by molar-refractivity contribution is 6.41. The number of ketones is 1. The van der Waals surface area contributed by atoms with Crippen LogP contribution >= 0.6 is 0 Å². The summed E-state index contributed by atoms with van der Waals surface area (Å²) in [5, 5.41) is 11.6. The number of nitrogens with one attached hydrogen (secondary N) is 1. The largest absolute Gasteiger partial charge is 0.475 e. The topological polar surface area (TPSA) is 83.5 Å². The molecule has 0 heterocycles. The second kappa shape index (κ2) is 9.30. The summed E-state index contributed by atoms with van der Waals surface area (Å²) >= 11 is 0. The van der Waals surface area contributed by atoms with E-state index in [2.05, 4.69) is 5.32 Å². The van der Waals surface area contributed by atoms with Crippen LogP contribution in [0, 0.1) is 0 Å². The number of hydrogen-bond donors (Lipinski definition) is 2. The van der Waals surface area contributed by atoms with Crippen molar-refractivity contribution in [1.82, 2.24) is 0 Å². The van der Waals surface area contributed by atoms with Gasteiger partial charge in [0.05, 0.1) is 16.8 Å². The van der Waals surface area contributed by atoms with Crippen LogP contribution in [0.5, 0.6) is 0 Å². The molecule has 0 unspecified atom stereocenters. The van der Waals surface area contributed by atoms with E-state index >= 15 is 0 Å². The number of carboxylic acid groups (broad SMARTS) is 1. The molecule has 0 radical (unpaired) electrons. The van der Waals surface area contributed by atoms with Gasteiger partial charge in [0.25, 0.3) is 11.7 Å². The van der Waals surface area contributed by atoms with Gasteiger partial charge < -0.3 is 10.4 Å². The van der Waals surface area contributed by atoms with Crippen molar-refractivity contribution < 1.29 is 32.7 Å². The number of alkyl halides is 3. The first kappa shape index (κ1) is 22.5. The number of anilines is 1. The lowest BCUT2D eigenvalue weighted by Crippen LogP contribution is -2.18. The standard InChI is InChI=1S/C24H16F3NO4/c25-24(26,27)18-11-8-15(9-12-18)6-7-16-10-13-19(21(29)23(31)32)20(14-16)28-22(30)17-4-2-1-3-5-17/h1-14H,(H,28,30)(H,31,32)/b7-6+. The first-order chi connectivity index (χ1) is 15.1. The van der Waals surface area contributed by atoms with Crippen molar-refractivity contribution >= 4 is 35.5 Å². The Bertz CT molecular complexity index is 1180. The fourth-order valence-corrected chi connectivity index (χ4v) is 2.84. The summed E-state index contributed by atoms with van der Waals surface area (Å²) in [6.45, 7) is 0. The van der Waals surface area contributed by atoms with E-state index in [9.17, 15) is 27.6 Å². The first-order valence-corrected chi connectivity index (χ1v) is 9.28. The smallest absolute Gasteiger partial charge is 0.416 e. The number of benzene rings is 3. The van der Waals surface area contributed by atoms with Gasteiger partial charge in [-0.1, -0.05) is 48.6 Å². The van der Waals surface area contributed by atoms with Crippen LogP contribution in [0.1, 0.15) is 37.4 Å². The number of rotatable bonds is 6. The minimum Gasteiger partial charge on any atom is -0.475 e. The molecule has 3 aromatic carbocycles. The minimum atomic E-state index is -4.43. The van der Waals surface area contributed by atoms with Gasteiger partial charge in [0.15, 0.2) is 0 Å². The Hall–Kier alpha value is -4.20. The van der Waals surface area contributed by atoms with Crippen molar-refractivity contribution in [1.29, 1.82) is 0 Å². The Labute approximate surface area is 180 Å². The number of carbonyl (C=O) groups excluding carboxylic acids is 2. The molecule has 1 amide bonds. The van der Waals surface area contributed by atoms with Crippen molar-refractivity contribution in [3.05, 3.63) is 101 Å². The van der Waals surface area contributed by atoms with Gasteiger partial charge in [0.2, 0.25) is 0 Å². The lowest BCUT2D eigenvalue weighted by molar-refractivity contribution is -0.137. The van der Waals surface area contributed by atoms with Gasteiger partial charge in [-0.05, 0) is 47.5 Å². The zero-order valence-electron chi connectivity index (χ0n) is 16.4. The average Bonchev–Trinajstić information content (AvgIpc) is 2.77. The van der Waals surface area contributed by atoms with Gasteiger partial charge >= 0.3 is 12.1 Å². The van der Waals surface area contributed by atoms with E-state index in [0.29, 0.717) is 16.7 Å². The van der Waals surface area contributed by atoms with E-state index in [4.69, 9.17) is 5.11 Å². The summed E-state index contributed by atoms with van der Waals surface area (Å²) < 4.78 is 38.0. The van der Waals surface area contributed by atoms with Crippen LogP contribution in [0.2, 0.25) is 0 Å². The van der Waals surface area contributed by atoms with E-state index in [1.54, 1.807) is 42.5 Å². The molecule has 0 fully saturated rings. The predicted octanol–water partition coefficient (Wildman–Crippen LogP) is 5.40. The molecule has 0 aliphatic heterocycles. The van der Waals surface area contributed by atoms with Crippen molar-refractivity contribution in [2.45, 2.75) is 6.18 Å². The molecule has 162 valence electrons. The first-order valence-electron chi connectivity index (χ1n) is 9.28. The second-order valence-corrected chi connectivity index (χ2v) is 6.71.